The van der Waals surface area contributed by atoms with Crippen molar-refractivity contribution in [2.75, 3.05) is 33.3 Å². The highest BCUT2D eigenvalue weighted by Crippen LogP contribution is 2.30. The van der Waals surface area contributed by atoms with Crippen LogP contribution in [0.15, 0.2) is 24.3 Å². The fourth-order valence-electron chi connectivity index (χ4n) is 5.19. The molecule has 0 N–H and O–H groups in total. The van der Waals surface area contributed by atoms with Gasteiger partial charge >= 0.3 is 0 Å². The first-order valence-electron chi connectivity index (χ1n) is 12.0. The fraction of sp³-hybridized carbons (Fsp3) is 0.708. The zero-order chi connectivity index (χ0) is 21.6. The standard InChI is InChI=1S/C24H38N6O/c1-19(2)17-23(29-15-13-28(14-16-29)21-7-5-4-6-8-21)24-25-26-27-30(24)18-20-9-11-22(31-3)12-10-20/h9-12,19,21,23H,4-8,13-18H2,1-3H3/t23-/m0/s1. The van der Waals surface area contributed by atoms with Crippen LogP contribution < -0.4 is 4.74 Å². The van der Waals surface area contributed by atoms with Crippen LogP contribution in [0.25, 0.3) is 0 Å². The van der Waals surface area contributed by atoms with E-state index < -0.39 is 0 Å². The van der Waals surface area contributed by atoms with E-state index in [9.17, 15) is 0 Å². The summed E-state index contributed by atoms with van der Waals surface area (Å²) in [7, 11) is 1.69. The summed E-state index contributed by atoms with van der Waals surface area (Å²) in [6.07, 6.45) is 8.07. The maximum absolute atomic E-state index is 5.28. The van der Waals surface area contributed by atoms with Crippen LogP contribution in [0.1, 0.15) is 69.8 Å². The third-order valence-corrected chi connectivity index (χ3v) is 6.92. The third kappa shape index (κ3) is 5.63. The van der Waals surface area contributed by atoms with Gasteiger partial charge in [0.05, 0.1) is 19.7 Å². The molecule has 2 aromatic rings. The number of rotatable bonds is 8. The molecule has 2 fully saturated rings. The van der Waals surface area contributed by atoms with E-state index in [2.05, 4.69) is 51.3 Å². The van der Waals surface area contributed by atoms with E-state index in [1.807, 2.05) is 16.8 Å². The van der Waals surface area contributed by atoms with Crippen LogP contribution in [0.5, 0.6) is 5.75 Å². The van der Waals surface area contributed by atoms with Gasteiger partial charge in [-0.1, -0.05) is 45.2 Å². The quantitative estimate of drug-likeness (QED) is 0.640. The van der Waals surface area contributed by atoms with Gasteiger partial charge in [0.25, 0.3) is 0 Å². The number of piperazine rings is 1. The molecule has 1 aromatic carbocycles. The molecule has 0 radical (unpaired) electrons. The highest BCUT2D eigenvalue weighted by molar-refractivity contribution is 5.27. The Bertz CT molecular complexity index is 791. The van der Waals surface area contributed by atoms with Crippen molar-refractivity contribution >= 4 is 0 Å². The van der Waals surface area contributed by atoms with E-state index in [0.717, 1.165) is 37.1 Å². The molecule has 1 atom stereocenters. The van der Waals surface area contributed by atoms with Crippen LogP contribution in [0.2, 0.25) is 0 Å². The van der Waals surface area contributed by atoms with Crippen LogP contribution in [0.4, 0.5) is 0 Å². The van der Waals surface area contributed by atoms with Gasteiger partial charge in [0, 0.05) is 32.2 Å². The van der Waals surface area contributed by atoms with Crippen molar-refractivity contribution in [3.63, 3.8) is 0 Å². The van der Waals surface area contributed by atoms with Gasteiger partial charge in [0.15, 0.2) is 5.82 Å². The van der Waals surface area contributed by atoms with Crippen LogP contribution in [-0.4, -0.2) is 69.3 Å². The Hall–Kier alpha value is -1.99. The molecule has 0 spiro atoms. The van der Waals surface area contributed by atoms with E-state index in [1.165, 1.54) is 50.8 Å². The number of hydrogen-bond donors (Lipinski definition) is 0. The van der Waals surface area contributed by atoms with Gasteiger partial charge in [0.1, 0.15) is 5.75 Å². The van der Waals surface area contributed by atoms with E-state index in [1.54, 1.807) is 7.11 Å². The molecular weight excluding hydrogens is 388 g/mol. The monoisotopic (exact) mass is 426 g/mol. The molecular formula is C24H38N6O. The molecule has 0 unspecified atom stereocenters. The van der Waals surface area contributed by atoms with Gasteiger partial charge in [-0.15, -0.1) is 5.10 Å². The fourth-order valence-corrected chi connectivity index (χ4v) is 5.19. The predicted octanol–water partition coefficient (Wildman–Crippen LogP) is 3.77. The second-order valence-electron chi connectivity index (χ2n) is 9.55. The van der Waals surface area contributed by atoms with Crippen molar-refractivity contribution in [2.45, 2.75) is 71.0 Å². The first-order chi connectivity index (χ1) is 15.1. The lowest BCUT2D eigenvalue weighted by atomic mass is 9.93. The van der Waals surface area contributed by atoms with Crippen molar-refractivity contribution in [1.29, 1.82) is 0 Å². The van der Waals surface area contributed by atoms with Crippen LogP contribution in [-0.2, 0) is 6.54 Å². The van der Waals surface area contributed by atoms with Gasteiger partial charge in [-0.2, -0.15) is 0 Å². The zero-order valence-electron chi connectivity index (χ0n) is 19.4. The summed E-state index contributed by atoms with van der Waals surface area (Å²) in [6, 6.07) is 9.24. The van der Waals surface area contributed by atoms with Gasteiger partial charge in [0.2, 0.25) is 0 Å². The lowest BCUT2D eigenvalue weighted by molar-refractivity contribution is 0.0469. The van der Waals surface area contributed by atoms with Crippen molar-refractivity contribution in [3.05, 3.63) is 35.7 Å². The van der Waals surface area contributed by atoms with Crippen molar-refractivity contribution < 1.29 is 4.74 Å². The highest BCUT2D eigenvalue weighted by atomic mass is 16.5. The molecule has 7 nitrogen and oxygen atoms in total. The summed E-state index contributed by atoms with van der Waals surface area (Å²) in [4.78, 5) is 5.36. The Morgan fingerprint density at radius 3 is 2.35 bits per heavy atom. The maximum atomic E-state index is 5.28. The average molecular weight is 427 g/mol. The molecule has 170 valence electrons. The summed E-state index contributed by atoms with van der Waals surface area (Å²) < 4.78 is 7.27. The highest BCUT2D eigenvalue weighted by Gasteiger charge is 2.32. The van der Waals surface area contributed by atoms with E-state index in [0.29, 0.717) is 12.5 Å². The van der Waals surface area contributed by atoms with E-state index >= 15 is 0 Å². The SMILES string of the molecule is COc1ccc(Cn2nnnc2[C@H](CC(C)C)N2CCN(C3CCCCC3)CC2)cc1. The number of tetrazole rings is 1. The minimum Gasteiger partial charge on any atom is -0.497 e. The second-order valence-corrected chi connectivity index (χ2v) is 9.55. The summed E-state index contributed by atoms with van der Waals surface area (Å²) in [5, 5.41) is 12.9. The maximum Gasteiger partial charge on any atom is 0.168 e. The largest absolute Gasteiger partial charge is 0.497 e. The molecule has 0 bridgehead atoms. The summed E-state index contributed by atoms with van der Waals surface area (Å²) in [6.45, 7) is 9.81. The Balaban J connectivity index is 1.45. The number of methoxy groups -OCH3 is 1. The molecule has 2 aliphatic rings. The second kappa shape index (κ2) is 10.6. The lowest BCUT2D eigenvalue weighted by Crippen LogP contribution is -2.52. The van der Waals surface area contributed by atoms with Gasteiger partial charge in [-0.05, 0) is 53.3 Å². The van der Waals surface area contributed by atoms with Crippen LogP contribution >= 0.6 is 0 Å². The minimum atomic E-state index is 0.266. The minimum absolute atomic E-state index is 0.266. The number of ether oxygens (including phenoxy) is 1. The topological polar surface area (TPSA) is 59.3 Å². The normalized spacial score (nSPS) is 20.3. The van der Waals surface area contributed by atoms with Crippen molar-refractivity contribution in [2.24, 2.45) is 5.92 Å². The number of benzene rings is 1. The van der Waals surface area contributed by atoms with Gasteiger partial charge in [-0.25, -0.2) is 4.68 Å². The van der Waals surface area contributed by atoms with Crippen LogP contribution in [0, 0.1) is 5.92 Å². The molecule has 0 amide bonds. The predicted molar refractivity (Wildman–Crippen MR) is 122 cm³/mol. The van der Waals surface area contributed by atoms with E-state index in [4.69, 9.17) is 4.74 Å². The Morgan fingerprint density at radius 1 is 1.00 bits per heavy atom. The molecule has 7 heteroatoms. The zero-order valence-corrected chi connectivity index (χ0v) is 19.4. The van der Waals surface area contributed by atoms with Crippen LogP contribution in [0.3, 0.4) is 0 Å². The van der Waals surface area contributed by atoms with Gasteiger partial charge in [-0.3, -0.25) is 9.80 Å². The first kappa shape index (κ1) is 22.2. The van der Waals surface area contributed by atoms with Crippen molar-refractivity contribution in [1.82, 2.24) is 30.0 Å². The molecule has 2 heterocycles. The third-order valence-electron chi connectivity index (χ3n) is 6.92. The molecule has 4 rings (SSSR count). The van der Waals surface area contributed by atoms with Gasteiger partial charge < -0.3 is 4.74 Å². The Kier molecular flexibility index (Phi) is 7.56. The number of nitrogens with zero attached hydrogens (tertiary/aromatic N) is 6. The lowest BCUT2D eigenvalue weighted by Gasteiger charge is -2.43. The smallest absolute Gasteiger partial charge is 0.168 e. The molecule has 1 saturated carbocycles. The molecule has 1 saturated heterocycles. The molecule has 1 aliphatic carbocycles. The summed E-state index contributed by atoms with van der Waals surface area (Å²) >= 11 is 0. The van der Waals surface area contributed by atoms with Crippen molar-refractivity contribution in [3.8, 4) is 5.75 Å². The molecule has 1 aliphatic heterocycles. The Morgan fingerprint density at radius 2 is 1.71 bits per heavy atom. The number of aromatic nitrogens is 4. The summed E-state index contributed by atoms with van der Waals surface area (Å²) in [5.74, 6) is 2.46. The molecule has 31 heavy (non-hydrogen) atoms. The Labute approximate surface area is 186 Å². The summed E-state index contributed by atoms with van der Waals surface area (Å²) in [5.41, 5.74) is 1.18. The van der Waals surface area contributed by atoms with E-state index in [-0.39, 0.29) is 6.04 Å². The first-order valence-corrected chi connectivity index (χ1v) is 12.0. The number of hydrogen-bond acceptors (Lipinski definition) is 6. The average Bonchev–Trinajstić information content (AvgIpc) is 3.26. The molecule has 1 aromatic heterocycles.